The maximum atomic E-state index is 12.9. The zero-order valence-corrected chi connectivity index (χ0v) is 75.6. The lowest BCUT2D eigenvalue weighted by atomic mass is 9.92. The van der Waals surface area contributed by atoms with Crippen molar-refractivity contribution in [2.45, 2.75) is 103 Å². The van der Waals surface area contributed by atoms with E-state index in [1.165, 1.54) is 28.6 Å². The first-order valence-corrected chi connectivity index (χ1v) is 45.0. The zero-order chi connectivity index (χ0) is 90.0. The summed E-state index contributed by atoms with van der Waals surface area (Å²) in [7, 11) is 0. The lowest BCUT2D eigenvalue weighted by molar-refractivity contribution is 0.0924. The van der Waals surface area contributed by atoms with Gasteiger partial charge in [0, 0.05) is 150 Å². The molecule has 10 heterocycles. The predicted molar refractivity (Wildman–Crippen MR) is 504 cm³/mol. The average molecular weight is 1840 g/mol. The Morgan fingerprint density at radius 3 is 1.13 bits per heavy atom. The lowest BCUT2D eigenvalue weighted by Gasteiger charge is -2.35. The van der Waals surface area contributed by atoms with Crippen LogP contribution in [0, 0.1) is 0 Å². The number of aromatic nitrogens is 9. The summed E-state index contributed by atoms with van der Waals surface area (Å²) in [5, 5.41) is 11.3. The molecule has 0 spiro atoms. The predicted octanol–water partition coefficient (Wildman–Crippen LogP) is 22.7. The summed E-state index contributed by atoms with van der Waals surface area (Å²) in [6.07, 6.45) is 15.4. The summed E-state index contributed by atoms with van der Waals surface area (Å²) in [5.74, 6) is 3.67. The van der Waals surface area contributed by atoms with Gasteiger partial charge < -0.3 is 62.4 Å². The Balaban J connectivity index is 0.000000132. The van der Waals surface area contributed by atoms with Crippen LogP contribution in [-0.2, 0) is 57.7 Å². The van der Waals surface area contributed by atoms with Gasteiger partial charge in [0.15, 0.2) is 0 Å². The molecule has 0 fully saturated rings. The number of hydrogen-bond donors (Lipinski definition) is 4. The van der Waals surface area contributed by atoms with Crippen molar-refractivity contribution < 1.29 is 57.1 Å². The van der Waals surface area contributed by atoms with Crippen LogP contribution in [0.3, 0.4) is 0 Å². The normalized spacial score (nSPS) is 15.4. The highest BCUT2D eigenvalue weighted by Crippen LogP contribution is 2.46. The number of carbonyl (C=O) groups excluding carboxylic acids is 4. The second-order valence-electron chi connectivity index (χ2n) is 31.3. The monoisotopic (exact) mass is 1840 g/mol. The molecule has 0 saturated carbocycles. The first-order chi connectivity index (χ1) is 62.9. The van der Waals surface area contributed by atoms with Crippen molar-refractivity contribution in [3.8, 4) is 23.0 Å². The summed E-state index contributed by atoms with van der Waals surface area (Å²) in [5.41, 5.74) is 17.6. The second kappa shape index (κ2) is 42.9. The summed E-state index contributed by atoms with van der Waals surface area (Å²) < 4.78 is 48.3. The minimum absolute atomic E-state index is 0.165. The molecule has 4 unspecified atom stereocenters. The number of rotatable bonds is 26. The van der Waals surface area contributed by atoms with Crippen molar-refractivity contribution in [3.05, 3.63) is 326 Å². The van der Waals surface area contributed by atoms with Crippen LogP contribution in [0.4, 0.5) is 19.2 Å². The molecular formula is C99H100Cl5N13O12. The van der Waals surface area contributed by atoms with Crippen LogP contribution in [0.2, 0.25) is 20.1 Å². The van der Waals surface area contributed by atoms with E-state index in [9.17, 15) is 19.2 Å². The van der Waals surface area contributed by atoms with Gasteiger partial charge in [0.2, 0.25) is 0 Å². The molecule has 668 valence electrons. The Kier molecular flexibility index (Phi) is 30.2. The number of ether oxygens (including phenoxy) is 8. The number of nitrogens with zero attached hydrogens (tertiary/aromatic N) is 9. The van der Waals surface area contributed by atoms with Gasteiger partial charge in [-0.1, -0.05) is 121 Å². The third-order valence-corrected chi connectivity index (χ3v) is 24.0. The van der Waals surface area contributed by atoms with E-state index in [1.807, 2.05) is 201 Å². The Morgan fingerprint density at radius 1 is 0.450 bits per heavy atom. The van der Waals surface area contributed by atoms with Gasteiger partial charge in [0.05, 0.1) is 45.6 Å². The molecule has 4 aliphatic heterocycles. The van der Waals surface area contributed by atoms with Crippen LogP contribution in [0.25, 0.3) is 43.6 Å². The van der Waals surface area contributed by atoms with Crippen LogP contribution in [0.5, 0.6) is 23.0 Å². The molecule has 4 N–H and O–H groups in total. The first kappa shape index (κ1) is 91.0. The van der Waals surface area contributed by atoms with Crippen molar-refractivity contribution >= 4 is 126 Å². The molecule has 0 saturated heterocycles. The SMILES string of the molecule is C=C(C)COc1ccc(C2c3[nH]c4ccc(Cl)cc4c3CCN2C(=O)OCC)cc1.C=CCOC(=O)N1CCc2c([nH]c3ccc(Cl)cc23)C1c1ccc(OCCCn2cncn2)cc1.C=COC(=O)N1CCc2c([nH]c3ccc(Cl)cc23)C1c1ccc(OCCCCl)cc1.CCOC(=O)N1CCc2c([nH]c3ccc(Cl)cc23)C1c1ccc(OCCCn2ccnc2)cc1. The Bertz CT molecular complexity index is 6240. The number of alkyl halides is 1. The third-order valence-electron chi connectivity index (χ3n) is 22.8. The van der Waals surface area contributed by atoms with E-state index >= 15 is 0 Å². The fourth-order valence-electron chi connectivity index (χ4n) is 17.0. The number of aryl methyl sites for hydroxylation is 2. The highest BCUT2D eigenvalue weighted by molar-refractivity contribution is 6.32. The van der Waals surface area contributed by atoms with Gasteiger partial charge in [-0.2, -0.15) is 5.10 Å². The van der Waals surface area contributed by atoms with Crippen LogP contribution < -0.4 is 18.9 Å². The zero-order valence-electron chi connectivity index (χ0n) is 71.8. The molecule has 25 nitrogen and oxygen atoms in total. The van der Waals surface area contributed by atoms with Crippen LogP contribution in [0.1, 0.15) is 131 Å². The van der Waals surface area contributed by atoms with Crippen molar-refractivity contribution in [3.63, 3.8) is 0 Å². The maximum Gasteiger partial charge on any atom is 0.415 e. The molecular weight excluding hydrogens is 1740 g/mol. The van der Waals surface area contributed by atoms with Crippen molar-refractivity contribution in [2.24, 2.45) is 0 Å². The molecule has 8 aromatic carbocycles. The number of benzene rings is 8. The van der Waals surface area contributed by atoms with E-state index in [1.54, 1.807) is 49.2 Å². The van der Waals surface area contributed by atoms with Gasteiger partial charge in [-0.15, -0.1) is 11.6 Å². The van der Waals surface area contributed by atoms with E-state index in [4.69, 9.17) is 95.9 Å². The summed E-state index contributed by atoms with van der Waals surface area (Å²) in [6, 6.07) is 53.6. The van der Waals surface area contributed by atoms with Gasteiger partial charge in [-0.3, -0.25) is 24.3 Å². The molecule has 30 heteroatoms. The largest absolute Gasteiger partial charge is 0.494 e. The molecule has 0 radical (unpaired) electrons. The van der Waals surface area contributed by atoms with E-state index in [0.717, 1.165) is 169 Å². The van der Waals surface area contributed by atoms with Crippen molar-refractivity contribution in [1.29, 1.82) is 0 Å². The van der Waals surface area contributed by atoms with Crippen LogP contribution in [0.15, 0.2) is 239 Å². The first-order valence-electron chi connectivity index (χ1n) is 43.0. The fraction of sp³-hybridized carbons (Fsp3) is 0.283. The molecule has 6 aromatic heterocycles. The van der Waals surface area contributed by atoms with E-state index < -0.39 is 6.09 Å². The molecule has 0 aliphatic carbocycles. The Morgan fingerprint density at radius 2 is 0.806 bits per heavy atom. The maximum absolute atomic E-state index is 12.9. The molecule has 4 atom stereocenters. The number of nitrogens with one attached hydrogen (secondary N) is 4. The summed E-state index contributed by atoms with van der Waals surface area (Å²) >= 11 is 30.7. The number of H-pyrrole nitrogens is 4. The third kappa shape index (κ3) is 21.5. The van der Waals surface area contributed by atoms with Gasteiger partial charge in [-0.05, 0) is 231 Å². The number of amides is 4. The number of fused-ring (bicyclic) bond motifs is 12. The van der Waals surface area contributed by atoms with Gasteiger partial charge in [0.25, 0.3) is 0 Å². The number of hydrogen-bond acceptors (Lipinski definition) is 15. The van der Waals surface area contributed by atoms with Gasteiger partial charge in [-0.25, -0.2) is 29.1 Å². The average Bonchev–Trinajstić information content (AvgIpc) is 1.62. The highest BCUT2D eigenvalue weighted by atomic mass is 35.5. The quantitative estimate of drug-likeness (QED) is 0.0129. The fourth-order valence-corrected chi connectivity index (χ4v) is 17.8. The molecule has 4 aliphatic rings. The molecule has 4 amide bonds. The minimum Gasteiger partial charge on any atom is -0.494 e. The van der Waals surface area contributed by atoms with Crippen LogP contribution in [-0.4, -0.2) is 167 Å². The standard InChI is InChI=1S/C26H26ClN5O3.C26H27ClN4O3.C24H25ClN2O3.C23H22Cl2N2O3/c1-2-13-35-26(33)32-12-10-21-22-15-19(27)6-9-23(22)30-24(21)25(32)18-4-7-20(8-5-18)34-14-3-11-31-17-28-16-29-31;1-2-33-26(32)31-13-10-21-22-16-19(27)6-9-23(22)29-24(21)25(31)18-4-7-20(8-5-18)34-15-3-12-30-14-11-28-17-30;1-4-29-24(28)27-12-11-19-20-13-17(25)7-10-21(20)26-22(19)23(27)16-5-8-18(9-6-16)30-14-15(2)3;1-2-29-23(28)27-12-10-18-19-14-16(25)6-9-20(19)26-21(18)22(27)15-4-7-17(8-5-15)30-13-3-11-24/h2,4-9,15-17,25,30H,1,3,10-14H2;4-9,11,14,16-17,25,29H,2-3,10,12-13,15H2,1H3;5-10,13,23,26H,2,4,11-12,14H2,1,3H3;2,4-9,14,22,26H,1,3,10-13H2. The molecule has 14 aromatic rings. The van der Waals surface area contributed by atoms with E-state index in [-0.39, 0.29) is 49.1 Å². The second-order valence-corrected chi connectivity index (χ2v) is 33.4. The van der Waals surface area contributed by atoms with E-state index in [2.05, 4.69) is 54.7 Å². The van der Waals surface area contributed by atoms with Crippen molar-refractivity contribution in [1.82, 2.24) is 63.9 Å². The summed E-state index contributed by atoms with van der Waals surface area (Å²) in [4.78, 5) is 80.3. The molecule has 129 heavy (non-hydrogen) atoms. The number of carbonyl (C=O) groups is 4. The Hall–Kier alpha value is -12.8. The lowest BCUT2D eigenvalue weighted by Crippen LogP contribution is -2.41. The van der Waals surface area contributed by atoms with Crippen molar-refractivity contribution in [2.75, 3.05) is 78.3 Å². The number of halogens is 5. The topological polar surface area (TPSA) is 267 Å². The number of aromatic amines is 4. The summed E-state index contributed by atoms with van der Waals surface area (Å²) in [6.45, 7) is 23.5. The van der Waals surface area contributed by atoms with Gasteiger partial charge in [0.1, 0.15) is 73.0 Å². The van der Waals surface area contributed by atoms with Crippen LogP contribution >= 0.6 is 58.0 Å². The van der Waals surface area contributed by atoms with E-state index in [0.29, 0.717) is 105 Å². The molecule has 18 rings (SSSR count). The number of imidazole rings is 1. The minimum atomic E-state index is -0.431. The Labute approximate surface area is 772 Å². The molecule has 0 bridgehead atoms. The van der Waals surface area contributed by atoms with Gasteiger partial charge >= 0.3 is 24.4 Å². The highest BCUT2D eigenvalue weighted by Gasteiger charge is 2.40. The smallest absolute Gasteiger partial charge is 0.415 e.